The summed E-state index contributed by atoms with van der Waals surface area (Å²) in [6.45, 7) is 2.45. The second kappa shape index (κ2) is 9.17. The lowest BCUT2D eigenvalue weighted by atomic mass is 9.77. The number of fused-ring (bicyclic) bond motifs is 7. The molecule has 0 saturated heterocycles. The molecule has 9 rings (SSSR count). The van der Waals surface area contributed by atoms with Gasteiger partial charge in [-0.15, -0.1) is 0 Å². The van der Waals surface area contributed by atoms with E-state index in [1.165, 1.54) is 34.4 Å². The van der Waals surface area contributed by atoms with Crippen molar-refractivity contribution in [3.05, 3.63) is 124 Å². The molecule has 2 aromatic carbocycles. The fourth-order valence-corrected chi connectivity index (χ4v) is 9.04. The molecule has 0 N–H and O–H groups in total. The molecule has 206 valence electrons. The van der Waals surface area contributed by atoms with Crippen LogP contribution < -0.4 is 4.90 Å². The molecule has 7 aliphatic rings. The summed E-state index contributed by atoms with van der Waals surface area (Å²) in [5, 5.41) is 9.19. The Kier molecular flexibility index (Phi) is 5.34. The number of rotatable bonds is 3. The van der Waals surface area contributed by atoms with Gasteiger partial charge in [0, 0.05) is 35.5 Å². The van der Waals surface area contributed by atoms with Gasteiger partial charge >= 0.3 is 0 Å². The highest BCUT2D eigenvalue weighted by Crippen LogP contribution is 2.61. The van der Waals surface area contributed by atoms with Gasteiger partial charge in [-0.1, -0.05) is 73.7 Å². The van der Waals surface area contributed by atoms with Crippen molar-refractivity contribution in [2.45, 2.75) is 45.1 Å². The number of hydrogen-bond donors (Lipinski definition) is 0. The van der Waals surface area contributed by atoms with E-state index in [9.17, 15) is 5.26 Å². The van der Waals surface area contributed by atoms with Gasteiger partial charge in [-0.2, -0.15) is 5.26 Å². The van der Waals surface area contributed by atoms with E-state index in [0.29, 0.717) is 35.4 Å². The minimum absolute atomic E-state index is 0.347. The molecule has 7 unspecified atom stereocenters. The smallest absolute Gasteiger partial charge is 0.136 e. The van der Waals surface area contributed by atoms with Crippen LogP contribution in [-0.2, 0) is 6.42 Å². The standard InChI is InChI=1S/C39H35N3/c1-23-16-36-38(35-20-27-6-2-3-11-32(27)37(23)35)33-15-13-28-19-34(28)39(33)42(36)31-10-5-9-26(18-31)24-7-4-8-25(17-24)29-12-14-30(21-40)41-22-29/h2-7,9-11,13-15,17-18,22-23,25,28-29,33-34,39H,8,12,16,19-20H2,1H3. The van der Waals surface area contributed by atoms with Crippen LogP contribution in [-0.4, -0.2) is 12.3 Å². The number of nitrogens with zero attached hydrogens (tertiary/aromatic N) is 3. The first-order valence-corrected chi connectivity index (χ1v) is 15.8. The van der Waals surface area contributed by atoms with Crippen molar-refractivity contribution in [1.29, 1.82) is 5.26 Å². The predicted molar refractivity (Wildman–Crippen MR) is 170 cm³/mol. The molecule has 0 bridgehead atoms. The van der Waals surface area contributed by atoms with Gasteiger partial charge in [0.25, 0.3) is 0 Å². The highest BCUT2D eigenvalue weighted by Gasteiger charge is 2.56. The van der Waals surface area contributed by atoms with E-state index >= 15 is 0 Å². The maximum Gasteiger partial charge on any atom is 0.136 e. The summed E-state index contributed by atoms with van der Waals surface area (Å²) >= 11 is 0. The van der Waals surface area contributed by atoms with Crippen LogP contribution in [0.2, 0.25) is 0 Å². The third kappa shape index (κ3) is 3.61. The van der Waals surface area contributed by atoms with E-state index in [0.717, 1.165) is 37.5 Å². The van der Waals surface area contributed by atoms with Crippen molar-refractivity contribution in [3.8, 4) is 6.07 Å². The van der Waals surface area contributed by atoms with Crippen LogP contribution in [0.1, 0.15) is 49.3 Å². The van der Waals surface area contributed by atoms with Crippen molar-refractivity contribution in [2.24, 2.45) is 40.5 Å². The molecular weight excluding hydrogens is 510 g/mol. The Morgan fingerprint density at radius 2 is 1.90 bits per heavy atom. The van der Waals surface area contributed by atoms with Gasteiger partial charge in [0.2, 0.25) is 0 Å². The normalized spacial score (nSPS) is 33.3. The second-order valence-corrected chi connectivity index (χ2v) is 13.4. The third-order valence-corrected chi connectivity index (χ3v) is 11.0. The number of allylic oxidation sites excluding steroid dienone is 10. The predicted octanol–water partition coefficient (Wildman–Crippen LogP) is 8.46. The van der Waals surface area contributed by atoms with Crippen LogP contribution in [0.3, 0.4) is 0 Å². The number of aliphatic imine (C=N–C) groups is 1. The van der Waals surface area contributed by atoms with E-state index in [-0.39, 0.29) is 0 Å². The Morgan fingerprint density at radius 1 is 0.976 bits per heavy atom. The Labute approximate surface area is 248 Å². The van der Waals surface area contributed by atoms with E-state index in [1.54, 1.807) is 22.4 Å². The van der Waals surface area contributed by atoms with Crippen LogP contribution in [0.15, 0.2) is 113 Å². The summed E-state index contributed by atoms with van der Waals surface area (Å²) in [6, 6.07) is 21.2. The number of nitriles is 1. The molecule has 3 heteroatoms. The lowest BCUT2D eigenvalue weighted by molar-refractivity contribution is 0.487. The van der Waals surface area contributed by atoms with Gasteiger partial charge in [0.05, 0.1) is 0 Å². The molecule has 0 amide bonds. The first-order valence-electron chi connectivity index (χ1n) is 15.8. The highest BCUT2D eigenvalue weighted by molar-refractivity contribution is 5.86. The van der Waals surface area contributed by atoms with E-state index in [1.807, 2.05) is 12.3 Å². The van der Waals surface area contributed by atoms with Crippen LogP contribution in [0.25, 0.3) is 11.1 Å². The summed E-state index contributed by atoms with van der Waals surface area (Å²) in [4.78, 5) is 7.20. The molecule has 1 fully saturated rings. The molecule has 0 radical (unpaired) electrons. The monoisotopic (exact) mass is 545 g/mol. The average Bonchev–Trinajstić information content (AvgIpc) is 3.62. The first-order chi connectivity index (χ1) is 20.7. The molecule has 2 aromatic rings. The zero-order valence-electron chi connectivity index (χ0n) is 24.1. The molecule has 0 spiro atoms. The fraction of sp³-hybridized carbons (Fsp3) is 0.333. The van der Waals surface area contributed by atoms with Crippen molar-refractivity contribution >= 4 is 23.0 Å². The summed E-state index contributed by atoms with van der Waals surface area (Å²) in [6.07, 6.45) is 21.6. The van der Waals surface area contributed by atoms with E-state index in [4.69, 9.17) is 0 Å². The van der Waals surface area contributed by atoms with Crippen molar-refractivity contribution in [2.75, 3.05) is 4.90 Å². The van der Waals surface area contributed by atoms with E-state index in [2.05, 4.69) is 102 Å². The van der Waals surface area contributed by atoms with E-state index < -0.39 is 0 Å². The Morgan fingerprint density at radius 3 is 2.79 bits per heavy atom. The number of benzene rings is 2. The van der Waals surface area contributed by atoms with Gasteiger partial charge in [-0.05, 0) is 113 Å². The topological polar surface area (TPSA) is 39.4 Å². The molecule has 5 aliphatic carbocycles. The quantitative estimate of drug-likeness (QED) is 0.363. The molecule has 3 nitrogen and oxygen atoms in total. The molecule has 2 aliphatic heterocycles. The SMILES string of the molecule is CC1CC2=C(C3=C1c1ccccc1C3)C1C=CC3CC3C1N2c1cccc(C2=CC(C3C=NC(C#N)=CC3)CC=C2)c1. The van der Waals surface area contributed by atoms with Crippen molar-refractivity contribution in [1.82, 2.24) is 0 Å². The number of anilines is 1. The van der Waals surface area contributed by atoms with Crippen molar-refractivity contribution in [3.63, 3.8) is 0 Å². The van der Waals surface area contributed by atoms with Crippen LogP contribution >= 0.6 is 0 Å². The Balaban J connectivity index is 1.10. The molecule has 2 heterocycles. The Bertz CT molecular complexity index is 1790. The fourth-order valence-electron chi connectivity index (χ4n) is 9.04. The largest absolute Gasteiger partial charge is 0.340 e. The summed E-state index contributed by atoms with van der Waals surface area (Å²) in [5.74, 6) is 3.29. The maximum absolute atomic E-state index is 9.19. The summed E-state index contributed by atoms with van der Waals surface area (Å²) in [5.41, 5.74) is 14.0. The average molecular weight is 546 g/mol. The molecule has 7 atom stereocenters. The van der Waals surface area contributed by atoms with Gasteiger partial charge in [0.1, 0.15) is 11.8 Å². The summed E-state index contributed by atoms with van der Waals surface area (Å²) < 4.78 is 0. The van der Waals surface area contributed by atoms with Crippen LogP contribution in [0.5, 0.6) is 0 Å². The zero-order chi connectivity index (χ0) is 27.9. The van der Waals surface area contributed by atoms with Gasteiger partial charge in [-0.25, -0.2) is 4.99 Å². The maximum atomic E-state index is 9.19. The lowest BCUT2D eigenvalue weighted by Crippen LogP contribution is -2.37. The second-order valence-electron chi connectivity index (χ2n) is 13.4. The van der Waals surface area contributed by atoms with Gasteiger partial charge in [0.15, 0.2) is 0 Å². The van der Waals surface area contributed by atoms with Crippen LogP contribution in [0, 0.1) is 46.8 Å². The third-order valence-electron chi connectivity index (χ3n) is 11.0. The van der Waals surface area contributed by atoms with Crippen LogP contribution in [0.4, 0.5) is 5.69 Å². The lowest BCUT2D eigenvalue weighted by Gasteiger charge is -2.35. The number of hydrogen-bond acceptors (Lipinski definition) is 3. The minimum Gasteiger partial charge on any atom is -0.340 e. The highest BCUT2D eigenvalue weighted by atomic mass is 15.2. The molecule has 42 heavy (non-hydrogen) atoms. The molecule has 0 aromatic heterocycles. The van der Waals surface area contributed by atoms with Gasteiger partial charge in [-0.3, -0.25) is 0 Å². The van der Waals surface area contributed by atoms with Crippen molar-refractivity contribution < 1.29 is 0 Å². The Hall–Kier alpha value is -4.16. The minimum atomic E-state index is 0.347. The first kappa shape index (κ1) is 24.4. The zero-order valence-corrected chi connectivity index (χ0v) is 24.1. The summed E-state index contributed by atoms with van der Waals surface area (Å²) in [7, 11) is 0. The molecule has 1 saturated carbocycles. The van der Waals surface area contributed by atoms with Gasteiger partial charge < -0.3 is 4.90 Å². The molecular formula is C39H35N3.